The highest BCUT2D eigenvalue weighted by Crippen LogP contribution is 2.23. The fourth-order valence-corrected chi connectivity index (χ4v) is 2.63. The number of benzene rings is 2. The highest BCUT2D eigenvalue weighted by molar-refractivity contribution is 5.98. The molecule has 1 atom stereocenters. The van der Waals surface area contributed by atoms with E-state index in [1.54, 1.807) is 42.6 Å². The van der Waals surface area contributed by atoms with Crippen LogP contribution in [0.5, 0.6) is 0 Å². The molecular formula is C22H20N2O3. The van der Waals surface area contributed by atoms with Gasteiger partial charge in [-0.15, -0.1) is 0 Å². The molecule has 27 heavy (non-hydrogen) atoms. The van der Waals surface area contributed by atoms with Crippen molar-refractivity contribution in [2.45, 2.75) is 20.0 Å². The van der Waals surface area contributed by atoms with Crippen LogP contribution in [-0.2, 0) is 9.53 Å². The van der Waals surface area contributed by atoms with E-state index in [9.17, 15) is 9.59 Å². The van der Waals surface area contributed by atoms with Gasteiger partial charge in [0.05, 0.1) is 5.56 Å². The van der Waals surface area contributed by atoms with Crippen LogP contribution in [0.1, 0.15) is 33.2 Å². The van der Waals surface area contributed by atoms with Gasteiger partial charge >= 0.3 is 5.97 Å². The maximum absolute atomic E-state index is 12.9. The van der Waals surface area contributed by atoms with Crippen LogP contribution < -0.4 is 5.32 Å². The number of carbonyl (C=O) groups is 2. The number of anilines is 1. The summed E-state index contributed by atoms with van der Waals surface area (Å²) in [5.74, 6) is -1.01. The average Bonchev–Trinajstić information content (AvgIpc) is 2.70. The summed E-state index contributed by atoms with van der Waals surface area (Å²) < 4.78 is 5.54. The minimum Gasteiger partial charge on any atom is -0.444 e. The first-order valence-electron chi connectivity index (χ1n) is 8.58. The van der Waals surface area contributed by atoms with Gasteiger partial charge in [0.25, 0.3) is 5.91 Å². The van der Waals surface area contributed by atoms with E-state index in [0.717, 1.165) is 11.1 Å². The SMILES string of the molecule is Cc1ccc(C)c(NC(=O)[C@H](OC(=O)c2cccnc2)c2ccccc2)c1. The van der Waals surface area contributed by atoms with Crippen molar-refractivity contribution in [3.05, 3.63) is 95.3 Å². The first-order valence-corrected chi connectivity index (χ1v) is 8.58. The van der Waals surface area contributed by atoms with E-state index in [0.29, 0.717) is 11.3 Å². The van der Waals surface area contributed by atoms with Gasteiger partial charge in [-0.25, -0.2) is 4.79 Å². The number of nitrogens with one attached hydrogen (secondary N) is 1. The Morgan fingerprint density at radius 1 is 1.00 bits per heavy atom. The summed E-state index contributed by atoms with van der Waals surface area (Å²) in [6.07, 6.45) is 1.91. The van der Waals surface area contributed by atoms with Gasteiger partial charge in [-0.2, -0.15) is 0 Å². The zero-order chi connectivity index (χ0) is 19.2. The van der Waals surface area contributed by atoms with Crippen molar-refractivity contribution in [1.29, 1.82) is 0 Å². The van der Waals surface area contributed by atoms with Crippen LogP contribution in [0.4, 0.5) is 5.69 Å². The maximum Gasteiger partial charge on any atom is 0.340 e. The normalized spacial score (nSPS) is 11.5. The summed E-state index contributed by atoms with van der Waals surface area (Å²) >= 11 is 0. The third-order valence-electron chi connectivity index (χ3n) is 4.11. The van der Waals surface area contributed by atoms with E-state index in [2.05, 4.69) is 10.3 Å². The Kier molecular flexibility index (Phi) is 5.61. The molecule has 136 valence electrons. The van der Waals surface area contributed by atoms with E-state index >= 15 is 0 Å². The van der Waals surface area contributed by atoms with Gasteiger partial charge in [0.2, 0.25) is 6.10 Å². The van der Waals surface area contributed by atoms with Gasteiger partial charge in [0.15, 0.2) is 0 Å². The molecule has 1 N–H and O–H groups in total. The van der Waals surface area contributed by atoms with Crippen molar-refractivity contribution in [2.24, 2.45) is 0 Å². The molecule has 0 saturated carbocycles. The van der Waals surface area contributed by atoms with Crippen LogP contribution in [0, 0.1) is 13.8 Å². The fraction of sp³-hybridized carbons (Fsp3) is 0.136. The Morgan fingerprint density at radius 2 is 1.78 bits per heavy atom. The number of pyridine rings is 1. The molecule has 3 aromatic rings. The molecule has 0 fully saturated rings. The summed E-state index contributed by atoms with van der Waals surface area (Å²) in [6, 6.07) is 18.0. The van der Waals surface area contributed by atoms with Crippen LogP contribution in [0.2, 0.25) is 0 Å². The monoisotopic (exact) mass is 360 g/mol. The lowest BCUT2D eigenvalue weighted by molar-refractivity contribution is -0.125. The average molecular weight is 360 g/mol. The zero-order valence-electron chi connectivity index (χ0n) is 15.2. The van der Waals surface area contributed by atoms with Crippen molar-refractivity contribution in [3.8, 4) is 0 Å². The molecule has 0 unspecified atom stereocenters. The second kappa shape index (κ2) is 8.27. The predicted molar refractivity (Wildman–Crippen MR) is 103 cm³/mol. The number of aryl methyl sites for hydroxylation is 2. The van der Waals surface area contributed by atoms with E-state index in [-0.39, 0.29) is 5.56 Å². The van der Waals surface area contributed by atoms with E-state index < -0.39 is 18.0 Å². The first kappa shape index (κ1) is 18.3. The Bertz CT molecular complexity index is 940. The summed E-state index contributed by atoms with van der Waals surface area (Å²) in [5, 5.41) is 2.87. The molecule has 1 amide bonds. The van der Waals surface area contributed by atoms with Crippen LogP contribution in [0.25, 0.3) is 0 Å². The highest BCUT2D eigenvalue weighted by atomic mass is 16.5. The Hall–Kier alpha value is -3.47. The molecule has 1 aromatic heterocycles. The van der Waals surface area contributed by atoms with Gasteiger partial charge in [-0.3, -0.25) is 9.78 Å². The zero-order valence-corrected chi connectivity index (χ0v) is 15.2. The van der Waals surface area contributed by atoms with E-state index in [4.69, 9.17) is 4.74 Å². The molecule has 2 aromatic carbocycles. The molecule has 5 heteroatoms. The number of nitrogens with zero attached hydrogens (tertiary/aromatic N) is 1. The predicted octanol–water partition coefficient (Wildman–Crippen LogP) is 4.24. The Balaban J connectivity index is 1.87. The number of rotatable bonds is 5. The molecule has 5 nitrogen and oxygen atoms in total. The summed E-state index contributed by atoms with van der Waals surface area (Å²) in [4.78, 5) is 29.3. The molecule has 0 aliphatic carbocycles. The minimum absolute atomic E-state index is 0.290. The van der Waals surface area contributed by atoms with E-state index in [1.165, 1.54) is 6.20 Å². The minimum atomic E-state index is -1.07. The lowest BCUT2D eigenvalue weighted by atomic mass is 10.1. The smallest absolute Gasteiger partial charge is 0.340 e. The molecule has 0 bridgehead atoms. The van der Waals surface area contributed by atoms with Crippen molar-refractivity contribution >= 4 is 17.6 Å². The van der Waals surface area contributed by atoms with Crippen LogP contribution in [0.15, 0.2) is 73.1 Å². The van der Waals surface area contributed by atoms with Crippen molar-refractivity contribution in [2.75, 3.05) is 5.32 Å². The van der Waals surface area contributed by atoms with Crippen LogP contribution >= 0.6 is 0 Å². The summed E-state index contributed by atoms with van der Waals surface area (Å²) in [5.41, 5.74) is 3.53. The van der Waals surface area contributed by atoms with E-state index in [1.807, 2.05) is 38.1 Å². The highest BCUT2D eigenvalue weighted by Gasteiger charge is 2.26. The van der Waals surface area contributed by atoms with Crippen LogP contribution in [-0.4, -0.2) is 16.9 Å². The standard InChI is InChI=1S/C22H20N2O3/c1-15-10-11-16(2)19(13-15)24-21(25)20(17-7-4-3-5-8-17)27-22(26)18-9-6-12-23-14-18/h3-14,20H,1-2H3,(H,24,25)/t20-/m1/s1. The first-order chi connectivity index (χ1) is 13.0. The summed E-state index contributed by atoms with van der Waals surface area (Å²) in [6.45, 7) is 3.86. The number of aromatic nitrogens is 1. The number of hydrogen-bond acceptors (Lipinski definition) is 4. The molecular weight excluding hydrogens is 340 g/mol. The van der Waals surface area contributed by atoms with Gasteiger partial charge in [0.1, 0.15) is 0 Å². The van der Waals surface area contributed by atoms with Gasteiger partial charge < -0.3 is 10.1 Å². The number of hydrogen-bond donors (Lipinski definition) is 1. The second-order valence-corrected chi connectivity index (χ2v) is 6.25. The summed E-state index contributed by atoms with van der Waals surface area (Å²) in [7, 11) is 0. The van der Waals surface area contributed by atoms with Crippen molar-refractivity contribution in [3.63, 3.8) is 0 Å². The lowest BCUT2D eigenvalue weighted by Crippen LogP contribution is -2.26. The number of ether oxygens (including phenoxy) is 1. The van der Waals surface area contributed by atoms with Gasteiger partial charge in [0, 0.05) is 23.6 Å². The topological polar surface area (TPSA) is 68.3 Å². The second-order valence-electron chi connectivity index (χ2n) is 6.25. The maximum atomic E-state index is 12.9. The Labute approximate surface area is 158 Å². The molecule has 1 heterocycles. The van der Waals surface area contributed by atoms with Crippen molar-refractivity contribution < 1.29 is 14.3 Å². The largest absolute Gasteiger partial charge is 0.444 e. The molecule has 0 radical (unpaired) electrons. The molecule has 3 rings (SSSR count). The van der Waals surface area contributed by atoms with Gasteiger partial charge in [-0.1, -0.05) is 42.5 Å². The third-order valence-corrected chi connectivity index (χ3v) is 4.11. The third kappa shape index (κ3) is 4.58. The van der Waals surface area contributed by atoms with Crippen LogP contribution in [0.3, 0.4) is 0 Å². The van der Waals surface area contributed by atoms with Crippen molar-refractivity contribution in [1.82, 2.24) is 4.98 Å². The quantitative estimate of drug-likeness (QED) is 0.691. The lowest BCUT2D eigenvalue weighted by Gasteiger charge is -2.19. The number of esters is 1. The molecule has 0 spiro atoms. The molecule has 0 saturated heterocycles. The fourth-order valence-electron chi connectivity index (χ4n) is 2.63. The number of amides is 1. The molecule has 0 aliphatic heterocycles. The Morgan fingerprint density at radius 3 is 2.48 bits per heavy atom. The van der Waals surface area contributed by atoms with Gasteiger partial charge in [-0.05, 0) is 43.2 Å². The molecule has 0 aliphatic rings. The number of carbonyl (C=O) groups excluding carboxylic acids is 2.